The lowest BCUT2D eigenvalue weighted by Crippen LogP contribution is -2.42. The summed E-state index contributed by atoms with van der Waals surface area (Å²) in [4.78, 5) is 34.0. The van der Waals surface area contributed by atoms with Crippen molar-refractivity contribution < 1.29 is 24.0 Å². The lowest BCUT2D eigenvalue weighted by molar-refractivity contribution is -0.387. The van der Waals surface area contributed by atoms with Crippen molar-refractivity contribution in [1.29, 1.82) is 0 Å². The van der Waals surface area contributed by atoms with E-state index in [1.807, 2.05) is 24.3 Å². The Morgan fingerprint density at radius 3 is 2.46 bits per heavy atom. The molecule has 0 fully saturated rings. The summed E-state index contributed by atoms with van der Waals surface area (Å²) in [5.74, 6) is -2.91. The number of carbonyl (C=O) groups is 2. The fourth-order valence-electron chi connectivity index (χ4n) is 2.83. The van der Waals surface area contributed by atoms with Crippen LogP contribution in [0.1, 0.15) is 15.9 Å². The number of hydrogen-bond donors (Lipinski definition) is 2. The minimum Gasteiger partial charge on any atom is -0.480 e. The number of nitrogens with one attached hydrogen (secondary N) is 1. The van der Waals surface area contributed by atoms with Crippen molar-refractivity contribution in [2.75, 3.05) is 0 Å². The molecule has 0 heterocycles. The van der Waals surface area contributed by atoms with Gasteiger partial charge in [-0.25, -0.2) is 4.79 Å². The fourth-order valence-corrected chi connectivity index (χ4v) is 2.83. The van der Waals surface area contributed by atoms with Crippen molar-refractivity contribution in [2.24, 2.45) is 0 Å². The minimum atomic E-state index is -1.33. The Labute approximate surface area is 158 Å². The number of aliphatic carboxylic acids is 1. The predicted molar refractivity (Wildman–Crippen MR) is 99.6 cm³/mol. The van der Waals surface area contributed by atoms with E-state index in [9.17, 15) is 29.2 Å². The second kappa shape index (κ2) is 7.83. The highest BCUT2D eigenvalue weighted by Crippen LogP contribution is 2.20. The normalized spacial score (nSPS) is 11.8. The summed E-state index contributed by atoms with van der Waals surface area (Å²) in [6, 6.07) is 14.2. The molecule has 1 atom stereocenters. The zero-order valence-corrected chi connectivity index (χ0v) is 14.5. The summed E-state index contributed by atoms with van der Waals surface area (Å²) < 4.78 is 13.4. The average Bonchev–Trinajstić information content (AvgIpc) is 2.68. The van der Waals surface area contributed by atoms with Crippen molar-refractivity contribution in [2.45, 2.75) is 12.5 Å². The maximum absolute atomic E-state index is 13.4. The van der Waals surface area contributed by atoms with Gasteiger partial charge in [0, 0.05) is 18.1 Å². The summed E-state index contributed by atoms with van der Waals surface area (Å²) in [5, 5.41) is 24.4. The van der Waals surface area contributed by atoms with Gasteiger partial charge in [0.1, 0.15) is 6.04 Å². The first-order chi connectivity index (χ1) is 13.3. The number of carbonyl (C=O) groups excluding carboxylic acids is 1. The molecule has 0 unspecified atom stereocenters. The van der Waals surface area contributed by atoms with Crippen LogP contribution in [0.4, 0.5) is 10.1 Å². The summed E-state index contributed by atoms with van der Waals surface area (Å²) in [7, 11) is 0. The van der Waals surface area contributed by atoms with E-state index in [-0.39, 0.29) is 17.5 Å². The number of benzene rings is 3. The number of nitro groups is 1. The van der Waals surface area contributed by atoms with Gasteiger partial charge >= 0.3 is 11.7 Å². The first-order valence-electron chi connectivity index (χ1n) is 8.30. The molecule has 28 heavy (non-hydrogen) atoms. The van der Waals surface area contributed by atoms with Gasteiger partial charge in [0.15, 0.2) is 0 Å². The van der Waals surface area contributed by atoms with Gasteiger partial charge in [-0.3, -0.25) is 14.9 Å². The van der Waals surface area contributed by atoms with E-state index in [0.717, 1.165) is 22.9 Å². The van der Waals surface area contributed by atoms with E-state index in [2.05, 4.69) is 5.32 Å². The zero-order chi connectivity index (χ0) is 20.3. The van der Waals surface area contributed by atoms with Crippen LogP contribution in [0.3, 0.4) is 0 Å². The smallest absolute Gasteiger partial charge is 0.326 e. The fraction of sp³-hybridized carbons (Fsp3) is 0.100. The maximum atomic E-state index is 13.4. The average molecular weight is 382 g/mol. The zero-order valence-electron chi connectivity index (χ0n) is 14.5. The number of carboxylic acids is 1. The Kier molecular flexibility index (Phi) is 5.30. The molecule has 0 saturated heterocycles. The number of carboxylic acid groups (broad SMARTS) is 1. The molecule has 0 aliphatic carbocycles. The molecule has 7 nitrogen and oxygen atoms in total. The maximum Gasteiger partial charge on any atom is 0.326 e. The third-order valence-corrected chi connectivity index (χ3v) is 4.26. The van der Waals surface area contributed by atoms with Gasteiger partial charge in [0.05, 0.1) is 4.92 Å². The molecule has 3 rings (SSSR count). The van der Waals surface area contributed by atoms with Crippen LogP contribution >= 0.6 is 0 Å². The van der Waals surface area contributed by atoms with Crippen molar-refractivity contribution in [1.82, 2.24) is 5.32 Å². The minimum absolute atomic E-state index is 0.222. The SMILES string of the molecule is O=C(N[C@H](Cc1ccc(F)c([N+](=O)[O-])c1)C(=O)O)c1ccc2ccccc2c1. The van der Waals surface area contributed by atoms with Crippen LogP contribution in [0.25, 0.3) is 10.8 Å². The van der Waals surface area contributed by atoms with Crippen molar-refractivity contribution >= 4 is 28.3 Å². The highest BCUT2D eigenvalue weighted by Gasteiger charge is 2.23. The molecular formula is C20H15FN2O5. The van der Waals surface area contributed by atoms with Crippen LogP contribution in [0.2, 0.25) is 0 Å². The first kappa shape index (κ1) is 19.0. The lowest BCUT2D eigenvalue weighted by atomic mass is 10.0. The van der Waals surface area contributed by atoms with E-state index in [1.165, 1.54) is 6.07 Å². The number of rotatable bonds is 6. The van der Waals surface area contributed by atoms with Gasteiger partial charge in [0.25, 0.3) is 5.91 Å². The molecule has 0 bridgehead atoms. The molecule has 1 amide bonds. The van der Waals surface area contributed by atoms with Gasteiger partial charge < -0.3 is 10.4 Å². The number of amides is 1. The third-order valence-electron chi connectivity index (χ3n) is 4.26. The van der Waals surface area contributed by atoms with Crippen LogP contribution in [0.5, 0.6) is 0 Å². The van der Waals surface area contributed by atoms with Crippen LogP contribution in [0, 0.1) is 15.9 Å². The monoisotopic (exact) mass is 382 g/mol. The second-order valence-corrected chi connectivity index (χ2v) is 6.17. The quantitative estimate of drug-likeness (QED) is 0.502. The van der Waals surface area contributed by atoms with Gasteiger partial charge in [0.2, 0.25) is 5.82 Å². The third kappa shape index (κ3) is 4.12. The Bertz CT molecular complexity index is 1080. The second-order valence-electron chi connectivity index (χ2n) is 6.17. The van der Waals surface area contributed by atoms with Crippen molar-refractivity contribution in [3.63, 3.8) is 0 Å². The number of hydrogen-bond acceptors (Lipinski definition) is 4. The number of fused-ring (bicyclic) bond motifs is 1. The van der Waals surface area contributed by atoms with Gasteiger partial charge in [-0.2, -0.15) is 4.39 Å². The van der Waals surface area contributed by atoms with Crippen LogP contribution in [-0.2, 0) is 11.2 Å². The molecule has 0 saturated carbocycles. The van der Waals surface area contributed by atoms with E-state index >= 15 is 0 Å². The molecular weight excluding hydrogens is 367 g/mol. The van der Waals surface area contributed by atoms with E-state index in [0.29, 0.717) is 0 Å². The number of nitro benzene ring substituents is 1. The van der Waals surface area contributed by atoms with Crippen LogP contribution < -0.4 is 5.32 Å². The Hall–Kier alpha value is -3.81. The largest absolute Gasteiger partial charge is 0.480 e. The van der Waals surface area contributed by atoms with Crippen molar-refractivity contribution in [3.05, 3.63) is 87.7 Å². The summed E-state index contributed by atoms with van der Waals surface area (Å²) >= 11 is 0. The molecule has 3 aromatic rings. The lowest BCUT2D eigenvalue weighted by Gasteiger charge is -2.15. The highest BCUT2D eigenvalue weighted by atomic mass is 19.1. The molecule has 0 aliphatic heterocycles. The Balaban J connectivity index is 1.80. The molecule has 0 aromatic heterocycles. The summed E-state index contributed by atoms with van der Waals surface area (Å²) in [5.41, 5.74) is -0.239. The highest BCUT2D eigenvalue weighted by molar-refractivity contribution is 6.00. The first-order valence-corrected chi connectivity index (χ1v) is 8.30. The van der Waals surface area contributed by atoms with Crippen molar-refractivity contribution in [3.8, 4) is 0 Å². The number of nitrogens with zero attached hydrogens (tertiary/aromatic N) is 1. The van der Waals surface area contributed by atoms with E-state index < -0.39 is 34.3 Å². The summed E-state index contributed by atoms with van der Waals surface area (Å²) in [6.07, 6.45) is -0.226. The van der Waals surface area contributed by atoms with Gasteiger partial charge in [-0.05, 0) is 34.5 Å². The number of halogens is 1. The molecule has 3 aromatic carbocycles. The Morgan fingerprint density at radius 2 is 1.79 bits per heavy atom. The molecule has 142 valence electrons. The van der Waals surface area contributed by atoms with E-state index in [1.54, 1.807) is 18.2 Å². The molecule has 0 radical (unpaired) electrons. The van der Waals surface area contributed by atoms with Crippen LogP contribution in [-0.4, -0.2) is 27.9 Å². The molecule has 0 aliphatic rings. The predicted octanol–water partition coefficient (Wildman–Crippen LogP) is 3.31. The molecule has 2 N–H and O–H groups in total. The van der Waals surface area contributed by atoms with Crippen LogP contribution in [0.15, 0.2) is 60.7 Å². The van der Waals surface area contributed by atoms with Gasteiger partial charge in [-0.1, -0.05) is 36.4 Å². The Morgan fingerprint density at radius 1 is 1.07 bits per heavy atom. The van der Waals surface area contributed by atoms with E-state index in [4.69, 9.17) is 0 Å². The molecule has 8 heteroatoms. The summed E-state index contributed by atoms with van der Waals surface area (Å²) in [6.45, 7) is 0. The van der Waals surface area contributed by atoms with Gasteiger partial charge in [-0.15, -0.1) is 0 Å². The topological polar surface area (TPSA) is 110 Å². The molecule has 0 spiro atoms. The standard InChI is InChI=1S/C20H15FN2O5/c21-16-8-5-12(10-18(16)23(27)28)9-17(20(25)26)22-19(24)15-7-6-13-3-1-2-4-14(13)11-15/h1-8,10-11,17H,9H2,(H,22,24)(H,25,26)/t17-/m1/s1.